The van der Waals surface area contributed by atoms with Crippen molar-refractivity contribution in [2.45, 2.75) is 44.3 Å². The fourth-order valence-electron chi connectivity index (χ4n) is 3.02. The molecule has 2 atom stereocenters. The van der Waals surface area contributed by atoms with Crippen LogP contribution < -0.4 is 5.32 Å². The highest BCUT2D eigenvalue weighted by Crippen LogP contribution is 2.39. The Hall–Kier alpha value is -0.290. The van der Waals surface area contributed by atoms with Crippen LogP contribution in [-0.4, -0.2) is 43.3 Å². The van der Waals surface area contributed by atoms with Gasteiger partial charge < -0.3 is 5.32 Å². The zero-order valence-corrected chi connectivity index (χ0v) is 10.1. The first-order valence-corrected chi connectivity index (χ1v) is 6.59. The van der Waals surface area contributed by atoms with Gasteiger partial charge in [0.05, 0.1) is 5.92 Å². The fraction of sp³-hybridized carbons (Fsp3) is 1.00. The molecule has 0 spiro atoms. The lowest BCUT2D eigenvalue weighted by molar-refractivity contribution is -0.186. The van der Waals surface area contributed by atoms with E-state index in [4.69, 9.17) is 0 Å². The molecule has 2 unspecified atom stereocenters. The lowest BCUT2D eigenvalue weighted by Gasteiger charge is -2.37. The summed E-state index contributed by atoms with van der Waals surface area (Å²) in [6.45, 7) is 3.75. The molecule has 0 bridgehead atoms. The molecule has 1 heterocycles. The van der Waals surface area contributed by atoms with Crippen molar-refractivity contribution in [1.82, 2.24) is 10.2 Å². The monoisotopic (exact) mass is 250 g/mol. The summed E-state index contributed by atoms with van der Waals surface area (Å²) in [5, 5.41) is 3.29. The third-order valence-electron chi connectivity index (χ3n) is 4.00. The molecule has 0 aromatic heterocycles. The van der Waals surface area contributed by atoms with Gasteiger partial charge in [0.25, 0.3) is 0 Å². The summed E-state index contributed by atoms with van der Waals surface area (Å²) in [4.78, 5) is 2.26. The van der Waals surface area contributed by atoms with Crippen LogP contribution in [0.3, 0.4) is 0 Å². The van der Waals surface area contributed by atoms with E-state index in [-0.39, 0.29) is 6.04 Å². The summed E-state index contributed by atoms with van der Waals surface area (Å²) < 4.78 is 38.2. The number of hydrogen-bond donors (Lipinski definition) is 1. The number of nitrogens with one attached hydrogen (secondary N) is 1. The first-order valence-electron chi connectivity index (χ1n) is 6.59. The molecule has 2 fully saturated rings. The molecule has 17 heavy (non-hydrogen) atoms. The van der Waals surface area contributed by atoms with Gasteiger partial charge in [0, 0.05) is 19.1 Å². The maximum atomic E-state index is 12.7. The Balaban J connectivity index is 1.91. The highest BCUT2D eigenvalue weighted by atomic mass is 19.4. The van der Waals surface area contributed by atoms with Gasteiger partial charge in [-0.25, -0.2) is 0 Å². The number of rotatable bonds is 1. The lowest BCUT2D eigenvalue weighted by atomic mass is 9.84. The quantitative estimate of drug-likeness (QED) is 0.768. The standard InChI is InChI=1S/C12H21F3N2/c13-12(14,15)10-3-1-4-11(9-10)17-7-2-5-16-6-8-17/h10-11,16H,1-9H2. The molecule has 100 valence electrons. The highest BCUT2D eigenvalue weighted by molar-refractivity contribution is 4.84. The van der Waals surface area contributed by atoms with Crippen LogP contribution in [0.25, 0.3) is 0 Å². The van der Waals surface area contributed by atoms with Crippen LogP contribution in [0.1, 0.15) is 32.1 Å². The SMILES string of the molecule is FC(F)(F)C1CCCC(N2CCCNCC2)C1. The molecule has 2 aliphatic rings. The number of hydrogen-bond acceptors (Lipinski definition) is 2. The molecule has 1 aliphatic carbocycles. The number of halogens is 3. The Labute approximate surface area is 101 Å². The second-order valence-electron chi connectivity index (χ2n) is 5.20. The van der Waals surface area contributed by atoms with E-state index in [1.54, 1.807) is 0 Å². The van der Waals surface area contributed by atoms with Gasteiger partial charge in [0.15, 0.2) is 0 Å². The first kappa shape index (κ1) is 13.1. The van der Waals surface area contributed by atoms with Crippen molar-refractivity contribution in [2.24, 2.45) is 5.92 Å². The Morgan fingerprint density at radius 3 is 2.59 bits per heavy atom. The van der Waals surface area contributed by atoms with E-state index in [0.717, 1.165) is 45.4 Å². The average Bonchev–Trinajstić information content (AvgIpc) is 2.56. The molecular formula is C12H21F3N2. The Morgan fingerprint density at radius 1 is 1.00 bits per heavy atom. The van der Waals surface area contributed by atoms with Crippen molar-refractivity contribution in [3.8, 4) is 0 Å². The summed E-state index contributed by atoms with van der Waals surface area (Å²) >= 11 is 0. The van der Waals surface area contributed by atoms with Crippen LogP contribution in [0.4, 0.5) is 13.2 Å². The minimum Gasteiger partial charge on any atom is -0.315 e. The number of nitrogens with zero attached hydrogens (tertiary/aromatic N) is 1. The topological polar surface area (TPSA) is 15.3 Å². The van der Waals surface area contributed by atoms with Gasteiger partial charge in [-0.1, -0.05) is 6.42 Å². The van der Waals surface area contributed by atoms with Gasteiger partial charge in [-0.05, 0) is 38.8 Å². The van der Waals surface area contributed by atoms with Gasteiger partial charge in [-0.2, -0.15) is 13.2 Å². The van der Waals surface area contributed by atoms with E-state index in [0.29, 0.717) is 12.8 Å². The third-order valence-corrected chi connectivity index (χ3v) is 4.00. The Kier molecular flexibility index (Phi) is 4.31. The second kappa shape index (κ2) is 5.57. The van der Waals surface area contributed by atoms with Crippen LogP contribution in [0, 0.1) is 5.92 Å². The molecule has 5 heteroatoms. The average molecular weight is 250 g/mol. The van der Waals surface area contributed by atoms with E-state index in [1.165, 1.54) is 0 Å². The summed E-state index contributed by atoms with van der Waals surface area (Å²) in [7, 11) is 0. The molecule has 1 saturated heterocycles. The molecule has 0 radical (unpaired) electrons. The normalized spacial score (nSPS) is 33.4. The van der Waals surface area contributed by atoms with E-state index in [2.05, 4.69) is 10.2 Å². The van der Waals surface area contributed by atoms with Gasteiger partial charge >= 0.3 is 6.18 Å². The molecule has 0 aromatic rings. The summed E-state index contributed by atoms with van der Waals surface area (Å²) in [5.74, 6) is -1.07. The van der Waals surface area contributed by atoms with Crippen molar-refractivity contribution in [3.63, 3.8) is 0 Å². The van der Waals surface area contributed by atoms with E-state index in [1.807, 2.05) is 0 Å². The van der Waals surface area contributed by atoms with Crippen molar-refractivity contribution in [3.05, 3.63) is 0 Å². The molecular weight excluding hydrogens is 229 g/mol. The van der Waals surface area contributed by atoms with Crippen LogP contribution in [0.15, 0.2) is 0 Å². The van der Waals surface area contributed by atoms with Gasteiger partial charge in [0.2, 0.25) is 0 Å². The van der Waals surface area contributed by atoms with E-state index in [9.17, 15) is 13.2 Å². The molecule has 1 N–H and O–H groups in total. The van der Waals surface area contributed by atoms with Gasteiger partial charge in [0.1, 0.15) is 0 Å². The first-order chi connectivity index (χ1) is 8.07. The molecule has 1 aliphatic heterocycles. The minimum atomic E-state index is -4.00. The Morgan fingerprint density at radius 2 is 1.82 bits per heavy atom. The predicted molar refractivity (Wildman–Crippen MR) is 60.9 cm³/mol. The lowest BCUT2D eigenvalue weighted by Crippen LogP contribution is -2.43. The van der Waals surface area contributed by atoms with Crippen LogP contribution in [-0.2, 0) is 0 Å². The van der Waals surface area contributed by atoms with Crippen LogP contribution in [0.5, 0.6) is 0 Å². The van der Waals surface area contributed by atoms with Crippen molar-refractivity contribution >= 4 is 0 Å². The predicted octanol–water partition coefficient (Wildman–Crippen LogP) is 2.40. The molecule has 0 aromatic carbocycles. The van der Waals surface area contributed by atoms with Crippen LogP contribution in [0.2, 0.25) is 0 Å². The van der Waals surface area contributed by atoms with Crippen LogP contribution >= 0.6 is 0 Å². The summed E-state index contributed by atoms with van der Waals surface area (Å²) in [5.41, 5.74) is 0. The van der Waals surface area contributed by atoms with Crippen molar-refractivity contribution < 1.29 is 13.2 Å². The van der Waals surface area contributed by atoms with E-state index >= 15 is 0 Å². The third kappa shape index (κ3) is 3.58. The maximum Gasteiger partial charge on any atom is 0.391 e. The molecule has 2 nitrogen and oxygen atoms in total. The smallest absolute Gasteiger partial charge is 0.315 e. The number of alkyl halides is 3. The summed E-state index contributed by atoms with van der Waals surface area (Å²) in [6, 6.07) is 0.148. The van der Waals surface area contributed by atoms with E-state index < -0.39 is 12.1 Å². The van der Waals surface area contributed by atoms with Crippen molar-refractivity contribution in [1.29, 1.82) is 0 Å². The van der Waals surface area contributed by atoms with Gasteiger partial charge in [-0.15, -0.1) is 0 Å². The van der Waals surface area contributed by atoms with Gasteiger partial charge in [-0.3, -0.25) is 4.90 Å². The van der Waals surface area contributed by atoms with Crippen molar-refractivity contribution in [2.75, 3.05) is 26.2 Å². The minimum absolute atomic E-state index is 0.148. The zero-order chi connectivity index (χ0) is 12.3. The zero-order valence-electron chi connectivity index (χ0n) is 10.1. The Bertz CT molecular complexity index is 234. The molecule has 2 rings (SSSR count). The highest BCUT2D eigenvalue weighted by Gasteiger charge is 2.43. The molecule has 1 saturated carbocycles. The fourth-order valence-corrected chi connectivity index (χ4v) is 3.02. The second-order valence-corrected chi connectivity index (χ2v) is 5.20. The summed E-state index contributed by atoms with van der Waals surface area (Å²) in [6.07, 6.45) is -0.656. The maximum absolute atomic E-state index is 12.7. The molecule has 0 amide bonds. The largest absolute Gasteiger partial charge is 0.391 e.